The number of anilines is 1. The number of carbonyl (C=O) groups excluding carboxylic acids is 1. The van der Waals surface area contributed by atoms with Gasteiger partial charge in [-0.2, -0.15) is 0 Å². The van der Waals surface area contributed by atoms with Gasteiger partial charge in [0.1, 0.15) is 11.6 Å². The highest BCUT2D eigenvalue weighted by Crippen LogP contribution is 2.18. The summed E-state index contributed by atoms with van der Waals surface area (Å²) in [6.07, 6.45) is 1.04. The number of hydrogen-bond acceptors (Lipinski definition) is 2. The van der Waals surface area contributed by atoms with Gasteiger partial charge in [-0.3, -0.25) is 4.79 Å². The SMILES string of the molecule is CC(C)C[C@H](CN)CC(=O)Nc1cc(F)ccc1F. The molecule has 3 nitrogen and oxygen atoms in total. The topological polar surface area (TPSA) is 55.1 Å². The van der Waals surface area contributed by atoms with Gasteiger partial charge in [0.2, 0.25) is 5.91 Å². The van der Waals surface area contributed by atoms with E-state index in [4.69, 9.17) is 5.73 Å². The van der Waals surface area contributed by atoms with E-state index in [1.807, 2.05) is 13.8 Å². The molecule has 0 aliphatic heterocycles. The number of nitrogens with one attached hydrogen (secondary N) is 1. The molecular formula is C14H20F2N2O. The summed E-state index contributed by atoms with van der Waals surface area (Å²) in [4.78, 5) is 11.8. The Bertz CT molecular complexity index is 435. The van der Waals surface area contributed by atoms with Crippen molar-refractivity contribution in [3.8, 4) is 0 Å². The molecule has 0 aliphatic rings. The molecule has 106 valence electrons. The van der Waals surface area contributed by atoms with Gasteiger partial charge in [-0.25, -0.2) is 8.78 Å². The number of rotatable bonds is 6. The zero-order valence-electron chi connectivity index (χ0n) is 11.2. The maximum Gasteiger partial charge on any atom is 0.224 e. The Labute approximate surface area is 112 Å². The summed E-state index contributed by atoms with van der Waals surface area (Å²) >= 11 is 0. The van der Waals surface area contributed by atoms with Crippen LogP contribution in [0.15, 0.2) is 18.2 Å². The Morgan fingerprint density at radius 1 is 1.37 bits per heavy atom. The maximum atomic E-state index is 13.4. The van der Waals surface area contributed by atoms with Crippen molar-refractivity contribution in [3.05, 3.63) is 29.8 Å². The van der Waals surface area contributed by atoms with E-state index >= 15 is 0 Å². The fraction of sp³-hybridized carbons (Fsp3) is 0.500. The van der Waals surface area contributed by atoms with E-state index in [2.05, 4.69) is 5.32 Å². The third kappa shape index (κ3) is 5.34. The highest BCUT2D eigenvalue weighted by molar-refractivity contribution is 5.90. The van der Waals surface area contributed by atoms with Crippen molar-refractivity contribution in [1.29, 1.82) is 0 Å². The second-order valence-electron chi connectivity index (χ2n) is 5.11. The van der Waals surface area contributed by atoms with Crippen LogP contribution in [0.2, 0.25) is 0 Å². The Kier molecular flexibility index (Phi) is 5.89. The van der Waals surface area contributed by atoms with Crippen molar-refractivity contribution in [2.75, 3.05) is 11.9 Å². The van der Waals surface area contributed by atoms with Crippen molar-refractivity contribution in [2.45, 2.75) is 26.7 Å². The first-order chi connectivity index (χ1) is 8.92. The zero-order chi connectivity index (χ0) is 14.4. The number of benzene rings is 1. The van der Waals surface area contributed by atoms with Crippen LogP contribution in [0.3, 0.4) is 0 Å². The Morgan fingerprint density at radius 3 is 2.63 bits per heavy atom. The largest absolute Gasteiger partial charge is 0.330 e. The predicted molar refractivity (Wildman–Crippen MR) is 71.6 cm³/mol. The average molecular weight is 270 g/mol. The normalized spacial score (nSPS) is 12.5. The van der Waals surface area contributed by atoms with Crippen LogP contribution in [0, 0.1) is 23.5 Å². The van der Waals surface area contributed by atoms with Gasteiger partial charge in [0, 0.05) is 12.5 Å². The summed E-state index contributed by atoms with van der Waals surface area (Å²) in [6.45, 7) is 4.50. The van der Waals surface area contributed by atoms with E-state index in [0.717, 1.165) is 24.6 Å². The molecule has 0 aromatic heterocycles. The van der Waals surface area contributed by atoms with E-state index < -0.39 is 11.6 Å². The fourth-order valence-corrected chi connectivity index (χ4v) is 1.99. The first-order valence-corrected chi connectivity index (χ1v) is 6.37. The van der Waals surface area contributed by atoms with Gasteiger partial charge in [0.05, 0.1) is 5.69 Å². The van der Waals surface area contributed by atoms with Crippen molar-refractivity contribution in [3.63, 3.8) is 0 Å². The molecule has 0 saturated heterocycles. The minimum Gasteiger partial charge on any atom is -0.330 e. The maximum absolute atomic E-state index is 13.4. The van der Waals surface area contributed by atoms with Crippen LogP contribution < -0.4 is 11.1 Å². The Morgan fingerprint density at radius 2 is 2.05 bits per heavy atom. The van der Waals surface area contributed by atoms with Crippen molar-refractivity contribution >= 4 is 11.6 Å². The Hall–Kier alpha value is -1.49. The molecule has 0 aliphatic carbocycles. The summed E-state index contributed by atoms with van der Waals surface area (Å²) in [5.74, 6) is -1.10. The first-order valence-electron chi connectivity index (χ1n) is 6.37. The van der Waals surface area contributed by atoms with Gasteiger partial charge in [0.25, 0.3) is 0 Å². The van der Waals surface area contributed by atoms with Gasteiger partial charge < -0.3 is 11.1 Å². The highest BCUT2D eigenvalue weighted by atomic mass is 19.1. The summed E-state index contributed by atoms with van der Waals surface area (Å²) in [6, 6.07) is 2.96. The van der Waals surface area contributed by atoms with Crippen LogP contribution in [0.4, 0.5) is 14.5 Å². The molecule has 0 heterocycles. The van der Waals surface area contributed by atoms with E-state index in [9.17, 15) is 13.6 Å². The molecular weight excluding hydrogens is 250 g/mol. The summed E-state index contributed by atoms with van der Waals surface area (Å²) in [5.41, 5.74) is 5.47. The molecule has 0 unspecified atom stereocenters. The van der Waals surface area contributed by atoms with Crippen molar-refractivity contribution < 1.29 is 13.6 Å². The fourth-order valence-electron chi connectivity index (χ4n) is 1.99. The van der Waals surface area contributed by atoms with Crippen molar-refractivity contribution in [1.82, 2.24) is 0 Å². The Balaban J connectivity index is 2.61. The second-order valence-corrected chi connectivity index (χ2v) is 5.11. The van der Waals surface area contributed by atoms with Crippen LogP contribution in [0.5, 0.6) is 0 Å². The molecule has 1 aromatic carbocycles. The molecule has 1 atom stereocenters. The van der Waals surface area contributed by atoms with E-state index in [1.165, 1.54) is 0 Å². The zero-order valence-corrected chi connectivity index (χ0v) is 11.2. The predicted octanol–water partition coefficient (Wildman–Crippen LogP) is 2.91. The number of nitrogens with two attached hydrogens (primary N) is 1. The number of hydrogen-bond donors (Lipinski definition) is 2. The van der Waals surface area contributed by atoms with E-state index in [1.54, 1.807) is 0 Å². The summed E-state index contributed by atoms with van der Waals surface area (Å²) in [5, 5.41) is 2.38. The van der Waals surface area contributed by atoms with Crippen molar-refractivity contribution in [2.24, 2.45) is 17.6 Å². The minimum absolute atomic E-state index is 0.0524. The molecule has 0 bridgehead atoms. The van der Waals surface area contributed by atoms with E-state index in [0.29, 0.717) is 12.5 Å². The highest BCUT2D eigenvalue weighted by Gasteiger charge is 2.15. The van der Waals surface area contributed by atoms with Crippen LogP contribution in [-0.2, 0) is 4.79 Å². The quantitative estimate of drug-likeness (QED) is 0.835. The molecule has 19 heavy (non-hydrogen) atoms. The lowest BCUT2D eigenvalue weighted by atomic mass is 9.94. The lowest BCUT2D eigenvalue weighted by Crippen LogP contribution is -2.23. The van der Waals surface area contributed by atoms with Crippen LogP contribution >= 0.6 is 0 Å². The monoisotopic (exact) mass is 270 g/mol. The van der Waals surface area contributed by atoms with Gasteiger partial charge in [-0.15, -0.1) is 0 Å². The molecule has 0 radical (unpaired) electrons. The minimum atomic E-state index is -0.650. The summed E-state index contributed by atoms with van der Waals surface area (Å²) in [7, 11) is 0. The molecule has 0 saturated carbocycles. The van der Waals surface area contributed by atoms with Gasteiger partial charge >= 0.3 is 0 Å². The third-order valence-corrected chi connectivity index (χ3v) is 2.81. The van der Waals surface area contributed by atoms with Crippen LogP contribution in [0.25, 0.3) is 0 Å². The standard InChI is InChI=1S/C14H20F2N2O/c1-9(2)5-10(8-17)6-14(19)18-13-7-11(15)3-4-12(13)16/h3-4,7,9-10H,5-6,8,17H2,1-2H3,(H,18,19)/t10-/m0/s1. The average Bonchev–Trinajstić information content (AvgIpc) is 2.32. The van der Waals surface area contributed by atoms with Crippen LogP contribution in [-0.4, -0.2) is 12.5 Å². The molecule has 3 N–H and O–H groups in total. The molecule has 0 spiro atoms. The van der Waals surface area contributed by atoms with Gasteiger partial charge in [0.15, 0.2) is 0 Å². The lowest BCUT2D eigenvalue weighted by Gasteiger charge is -2.16. The molecule has 0 fully saturated rings. The number of amides is 1. The van der Waals surface area contributed by atoms with Gasteiger partial charge in [-0.1, -0.05) is 13.8 Å². The first kappa shape index (κ1) is 15.6. The third-order valence-electron chi connectivity index (χ3n) is 2.81. The van der Waals surface area contributed by atoms with Crippen LogP contribution in [0.1, 0.15) is 26.7 Å². The van der Waals surface area contributed by atoms with Gasteiger partial charge in [-0.05, 0) is 36.9 Å². The second kappa shape index (κ2) is 7.19. The summed E-state index contributed by atoms with van der Waals surface area (Å²) < 4.78 is 26.3. The van der Waals surface area contributed by atoms with E-state index in [-0.39, 0.29) is 23.9 Å². The molecule has 5 heteroatoms. The molecule has 1 aromatic rings. The number of carbonyl (C=O) groups is 1. The molecule has 1 amide bonds. The number of halogens is 2. The molecule has 1 rings (SSSR count). The lowest BCUT2D eigenvalue weighted by molar-refractivity contribution is -0.117. The smallest absolute Gasteiger partial charge is 0.224 e.